The molecule has 0 aliphatic carbocycles. The minimum absolute atomic E-state index is 0.0665. The lowest BCUT2D eigenvalue weighted by molar-refractivity contribution is -0.140. The van der Waals surface area contributed by atoms with Gasteiger partial charge in [-0.3, -0.25) is 9.69 Å². The van der Waals surface area contributed by atoms with E-state index in [0.717, 1.165) is 6.42 Å². The van der Waals surface area contributed by atoms with E-state index < -0.39 is 5.97 Å². The summed E-state index contributed by atoms with van der Waals surface area (Å²) in [5, 5.41) is 2.85. The molecular weight excluding hydrogens is 260 g/mol. The third-order valence-corrected chi connectivity index (χ3v) is 3.05. The number of carbonyl (C=O) groups is 2. The highest BCUT2D eigenvalue weighted by atomic mass is 16.5. The van der Waals surface area contributed by atoms with Gasteiger partial charge in [-0.1, -0.05) is 13.5 Å². The van der Waals surface area contributed by atoms with Gasteiger partial charge >= 0.3 is 5.97 Å². The van der Waals surface area contributed by atoms with Crippen LogP contribution in [0, 0.1) is 0 Å². The van der Waals surface area contributed by atoms with Gasteiger partial charge in [-0.15, -0.1) is 0 Å². The van der Waals surface area contributed by atoms with E-state index in [0.29, 0.717) is 45.0 Å². The second-order valence-electron chi connectivity index (χ2n) is 4.68. The predicted molar refractivity (Wildman–Crippen MR) is 75.3 cm³/mol. The summed E-state index contributed by atoms with van der Waals surface area (Å²) in [7, 11) is 0. The number of nitrogens with zero attached hydrogens (tertiary/aromatic N) is 1. The van der Waals surface area contributed by atoms with Crippen LogP contribution in [0.1, 0.15) is 20.3 Å². The van der Waals surface area contributed by atoms with Crippen molar-refractivity contribution in [2.75, 3.05) is 39.5 Å². The van der Waals surface area contributed by atoms with Crippen molar-refractivity contribution in [3.63, 3.8) is 0 Å². The van der Waals surface area contributed by atoms with Gasteiger partial charge in [0.05, 0.1) is 19.8 Å². The Hall–Kier alpha value is -1.40. The molecule has 1 unspecified atom stereocenters. The predicted octanol–water partition coefficient (Wildman–Crippen LogP) is 0.333. The summed E-state index contributed by atoms with van der Waals surface area (Å²) >= 11 is 0. The van der Waals surface area contributed by atoms with Crippen LogP contribution in [-0.4, -0.2) is 62.3 Å². The normalized spacial score (nSPS) is 19.4. The Labute approximate surface area is 120 Å². The zero-order valence-electron chi connectivity index (χ0n) is 12.3. The van der Waals surface area contributed by atoms with E-state index in [4.69, 9.17) is 9.47 Å². The zero-order chi connectivity index (χ0) is 15.0. The van der Waals surface area contributed by atoms with Crippen molar-refractivity contribution in [2.24, 2.45) is 0 Å². The second-order valence-corrected chi connectivity index (χ2v) is 4.68. The highest BCUT2D eigenvalue weighted by Crippen LogP contribution is 2.10. The summed E-state index contributed by atoms with van der Waals surface area (Å²) in [6.07, 6.45) is 0.884. The maximum Gasteiger partial charge on any atom is 0.334 e. The van der Waals surface area contributed by atoms with Crippen LogP contribution in [0.2, 0.25) is 0 Å². The average Bonchev–Trinajstić information content (AvgIpc) is 2.45. The summed E-state index contributed by atoms with van der Waals surface area (Å²) in [5.41, 5.74) is 0.363. The van der Waals surface area contributed by atoms with Crippen LogP contribution in [0.5, 0.6) is 0 Å². The molecule has 1 heterocycles. The third-order valence-electron chi connectivity index (χ3n) is 3.05. The van der Waals surface area contributed by atoms with Gasteiger partial charge in [0, 0.05) is 25.2 Å². The largest absolute Gasteiger partial charge is 0.463 e. The first kappa shape index (κ1) is 16.7. The van der Waals surface area contributed by atoms with E-state index in [1.54, 1.807) is 6.92 Å². The summed E-state index contributed by atoms with van der Waals surface area (Å²) in [6, 6.07) is -0.374. The molecule has 1 aliphatic rings. The van der Waals surface area contributed by atoms with Crippen LogP contribution >= 0.6 is 0 Å². The molecular formula is C14H24N2O4. The molecule has 0 bridgehead atoms. The molecule has 1 atom stereocenters. The SMILES string of the molecule is C=C(CN1CCOCC1C(=O)NCCC)C(=O)OCC. The molecule has 20 heavy (non-hydrogen) atoms. The topological polar surface area (TPSA) is 67.9 Å². The van der Waals surface area contributed by atoms with E-state index in [2.05, 4.69) is 11.9 Å². The summed E-state index contributed by atoms with van der Waals surface area (Å²) in [6.45, 7) is 10.3. The standard InChI is InChI=1S/C14H24N2O4/c1-4-6-15-13(17)12-10-19-8-7-16(12)9-11(3)14(18)20-5-2/h12H,3-10H2,1-2H3,(H,15,17). The van der Waals surface area contributed by atoms with E-state index in [-0.39, 0.29) is 11.9 Å². The molecule has 0 saturated carbocycles. The Morgan fingerprint density at radius 1 is 1.45 bits per heavy atom. The van der Waals surface area contributed by atoms with Crippen LogP contribution in [-0.2, 0) is 19.1 Å². The number of ether oxygens (including phenoxy) is 2. The van der Waals surface area contributed by atoms with E-state index in [1.165, 1.54) is 0 Å². The molecule has 1 N–H and O–H groups in total. The Balaban J connectivity index is 2.57. The quantitative estimate of drug-likeness (QED) is 0.539. The van der Waals surface area contributed by atoms with Crippen molar-refractivity contribution in [3.05, 3.63) is 12.2 Å². The van der Waals surface area contributed by atoms with E-state index in [1.807, 2.05) is 11.8 Å². The first-order valence-electron chi connectivity index (χ1n) is 7.04. The number of amides is 1. The number of hydrogen-bond acceptors (Lipinski definition) is 5. The third kappa shape index (κ3) is 4.94. The number of nitrogens with one attached hydrogen (secondary N) is 1. The number of morpholine rings is 1. The summed E-state index contributed by atoms with van der Waals surface area (Å²) < 4.78 is 10.3. The maximum absolute atomic E-state index is 12.1. The highest BCUT2D eigenvalue weighted by Gasteiger charge is 2.30. The van der Waals surface area contributed by atoms with Crippen molar-refractivity contribution >= 4 is 11.9 Å². The Bertz CT molecular complexity index is 357. The van der Waals surface area contributed by atoms with Gasteiger partial charge in [0.1, 0.15) is 6.04 Å². The van der Waals surface area contributed by atoms with Crippen LogP contribution in [0.3, 0.4) is 0 Å². The number of rotatable bonds is 7. The van der Waals surface area contributed by atoms with E-state index in [9.17, 15) is 9.59 Å². The van der Waals surface area contributed by atoms with Crippen molar-refractivity contribution in [1.29, 1.82) is 0 Å². The molecule has 1 aliphatic heterocycles. The average molecular weight is 284 g/mol. The van der Waals surface area contributed by atoms with E-state index >= 15 is 0 Å². The Kier molecular flexibility index (Phi) is 7.25. The highest BCUT2D eigenvalue weighted by molar-refractivity contribution is 5.88. The monoisotopic (exact) mass is 284 g/mol. The zero-order valence-corrected chi connectivity index (χ0v) is 12.3. The fourth-order valence-corrected chi connectivity index (χ4v) is 1.98. The minimum atomic E-state index is -0.410. The Morgan fingerprint density at radius 2 is 2.20 bits per heavy atom. The molecule has 6 heteroatoms. The van der Waals surface area contributed by atoms with Gasteiger partial charge in [0.2, 0.25) is 5.91 Å². The van der Waals surface area contributed by atoms with Crippen LogP contribution in [0.25, 0.3) is 0 Å². The fourth-order valence-electron chi connectivity index (χ4n) is 1.98. The second kappa shape index (κ2) is 8.71. The fraction of sp³-hybridized carbons (Fsp3) is 0.714. The van der Waals surface area contributed by atoms with Crippen molar-refractivity contribution in [2.45, 2.75) is 26.3 Å². The first-order chi connectivity index (χ1) is 9.60. The molecule has 0 aromatic heterocycles. The Morgan fingerprint density at radius 3 is 2.85 bits per heavy atom. The molecule has 1 saturated heterocycles. The van der Waals surface area contributed by atoms with Gasteiger partial charge in [-0.05, 0) is 13.3 Å². The molecule has 0 aromatic rings. The van der Waals surface area contributed by atoms with Crippen LogP contribution in [0.4, 0.5) is 0 Å². The van der Waals surface area contributed by atoms with Crippen molar-refractivity contribution in [1.82, 2.24) is 10.2 Å². The lowest BCUT2D eigenvalue weighted by Gasteiger charge is -2.34. The van der Waals surface area contributed by atoms with Crippen LogP contribution in [0.15, 0.2) is 12.2 Å². The molecule has 6 nitrogen and oxygen atoms in total. The molecule has 1 fully saturated rings. The van der Waals surface area contributed by atoms with Gasteiger partial charge in [-0.2, -0.15) is 0 Å². The molecule has 0 radical (unpaired) electrons. The molecule has 114 valence electrons. The van der Waals surface area contributed by atoms with Gasteiger partial charge in [0.25, 0.3) is 0 Å². The number of esters is 1. The summed E-state index contributed by atoms with van der Waals surface area (Å²) in [4.78, 5) is 25.6. The smallest absolute Gasteiger partial charge is 0.334 e. The minimum Gasteiger partial charge on any atom is -0.463 e. The number of carbonyl (C=O) groups excluding carboxylic acids is 2. The van der Waals surface area contributed by atoms with Gasteiger partial charge in [0.15, 0.2) is 0 Å². The van der Waals surface area contributed by atoms with Crippen molar-refractivity contribution in [3.8, 4) is 0 Å². The van der Waals surface area contributed by atoms with Gasteiger partial charge < -0.3 is 14.8 Å². The van der Waals surface area contributed by atoms with Crippen molar-refractivity contribution < 1.29 is 19.1 Å². The molecule has 1 amide bonds. The molecule has 0 spiro atoms. The lowest BCUT2D eigenvalue weighted by atomic mass is 10.1. The lowest BCUT2D eigenvalue weighted by Crippen LogP contribution is -2.54. The van der Waals surface area contributed by atoms with Gasteiger partial charge in [-0.25, -0.2) is 4.79 Å². The summed E-state index contributed by atoms with van der Waals surface area (Å²) in [5.74, 6) is -0.477. The molecule has 1 rings (SSSR count). The molecule has 0 aromatic carbocycles. The first-order valence-corrected chi connectivity index (χ1v) is 7.04. The number of hydrogen-bond donors (Lipinski definition) is 1. The maximum atomic E-state index is 12.1. The van der Waals surface area contributed by atoms with Crippen LogP contribution < -0.4 is 5.32 Å².